The topological polar surface area (TPSA) is 59.6 Å². The molecule has 1 unspecified atom stereocenters. The number of benzene rings is 1. The van der Waals surface area contributed by atoms with Crippen LogP contribution < -0.4 is 20.1 Å². The van der Waals surface area contributed by atoms with Crippen LogP contribution in [0.25, 0.3) is 0 Å². The van der Waals surface area contributed by atoms with Gasteiger partial charge in [0.05, 0.1) is 0 Å². The molecular weight excluding hydrogens is 270 g/mol. The summed E-state index contributed by atoms with van der Waals surface area (Å²) in [6, 6.07) is 4.17. The normalized spacial score (nSPS) is 16.8. The number of alkyl halides is 2. The van der Waals surface area contributed by atoms with Crippen molar-refractivity contribution in [1.82, 2.24) is 5.32 Å². The third kappa shape index (κ3) is 3.57. The Morgan fingerprint density at radius 3 is 2.75 bits per heavy atom. The van der Waals surface area contributed by atoms with Crippen LogP contribution in [0.1, 0.15) is 20.3 Å². The van der Waals surface area contributed by atoms with Gasteiger partial charge in [-0.15, -0.1) is 8.78 Å². The highest BCUT2D eigenvalue weighted by Crippen LogP contribution is 2.42. The van der Waals surface area contributed by atoms with E-state index in [1.807, 2.05) is 13.8 Å². The predicted molar refractivity (Wildman–Crippen MR) is 69.0 cm³/mol. The molecule has 1 aliphatic heterocycles. The van der Waals surface area contributed by atoms with Gasteiger partial charge >= 0.3 is 6.29 Å². The second-order valence-electron chi connectivity index (χ2n) is 4.54. The van der Waals surface area contributed by atoms with Crippen LogP contribution in [0.5, 0.6) is 11.5 Å². The van der Waals surface area contributed by atoms with E-state index in [1.165, 1.54) is 18.2 Å². The fraction of sp³-hybridized carbons (Fsp3) is 0.462. The number of amides is 1. The molecule has 1 aromatic rings. The number of anilines is 1. The number of ether oxygens (including phenoxy) is 2. The molecule has 1 atom stereocenters. The van der Waals surface area contributed by atoms with Crippen LogP contribution in [0.3, 0.4) is 0 Å². The van der Waals surface area contributed by atoms with Gasteiger partial charge in [0, 0.05) is 24.2 Å². The number of halogens is 2. The Kier molecular flexibility index (Phi) is 4.08. The van der Waals surface area contributed by atoms with Crippen LogP contribution in [0.4, 0.5) is 14.5 Å². The lowest BCUT2D eigenvalue weighted by Crippen LogP contribution is -2.30. The Hall–Kier alpha value is -1.89. The maximum Gasteiger partial charge on any atom is 0.586 e. The standard InChI is InChI=1S/C13H16F2N2O3/c1-3-16-8(2)6-12(18)17-9-4-5-10-11(7-9)20-13(14,15)19-10/h4-5,7-8,16H,3,6H2,1-2H3,(H,17,18). The summed E-state index contributed by atoms with van der Waals surface area (Å²) in [6.45, 7) is 4.61. The van der Waals surface area contributed by atoms with Crippen LogP contribution in [-0.4, -0.2) is 24.8 Å². The van der Waals surface area contributed by atoms with Crippen molar-refractivity contribution in [3.63, 3.8) is 0 Å². The molecule has 1 heterocycles. The predicted octanol–water partition coefficient (Wildman–Crippen LogP) is 2.33. The van der Waals surface area contributed by atoms with E-state index < -0.39 is 6.29 Å². The fourth-order valence-electron chi connectivity index (χ4n) is 1.94. The van der Waals surface area contributed by atoms with E-state index in [2.05, 4.69) is 20.1 Å². The number of fused-ring (bicyclic) bond motifs is 1. The molecule has 2 rings (SSSR count). The molecule has 1 amide bonds. The van der Waals surface area contributed by atoms with Gasteiger partial charge in [-0.3, -0.25) is 4.79 Å². The quantitative estimate of drug-likeness (QED) is 0.872. The number of hydrogen-bond donors (Lipinski definition) is 2. The number of carbonyl (C=O) groups is 1. The number of rotatable bonds is 5. The molecule has 0 fully saturated rings. The minimum Gasteiger partial charge on any atom is -0.395 e. The molecule has 5 nitrogen and oxygen atoms in total. The summed E-state index contributed by atoms with van der Waals surface area (Å²) in [4.78, 5) is 11.8. The van der Waals surface area contributed by atoms with E-state index in [1.54, 1.807) is 0 Å². The molecule has 0 saturated carbocycles. The highest BCUT2D eigenvalue weighted by atomic mass is 19.3. The Balaban J connectivity index is 1.97. The van der Waals surface area contributed by atoms with Crippen LogP contribution >= 0.6 is 0 Å². The first kappa shape index (κ1) is 14.5. The molecule has 1 aromatic carbocycles. The number of nitrogens with one attached hydrogen (secondary N) is 2. The Bertz CT molecular complexity index is 508. The van der Waals surface area contributed by atoms with Gasteiger partial charge in [0.15, 0.2) is 11.5 Å². The lowest BCUT2D eigenvalue weighted by Gasteiger charge is -2.12. The molecule has 110 valence electrons. The first-order valence-corrected chi connectivity index (χ1v) is 6.33. The molecule has 1 aliphatic rings. The largest absolute Gasteiger partial charge is 0.586 e. The minimum absolute atomic E-state index is 0.0401. The smallest absolute Gasteiger partial charge is 0.395 e. The monoisotopic (exact) mass is 286 g/mol. The van der Waals surface area contributed by atoms with Crippen LogP contribution in [0.15, 0.2) is 18.2 Å². The minimum atomic E-state index is -3.65. The maximum atomic E-state index is 12.8. The van der Waals surface area contributed by atoms with Gasteiger partial charge in [0.1, 0.15) is 0 Å². The molecule has 2 N–H and O–H groups in total. The molecule has 7 heteroatoms. The van der Waals surface area contributed by atoms with Crippen molar-refractivity contribution in [2.75, 3.05) is 11.9 Å². The SMILES string of the molecule is CCNC(C)CC(=O)Nc1ccc2c(c1)OC(F)(F)O2. The molecule has 0 saturated heterocycles. The molecule has 0 bridgehead atoms. The molecule has 0 spiro atoms. The van der Waals surface area contributed by atoms with E-state index in [0.29, 0.717) is 12.1 Å². The summed E-state index contributed by atoms with van der Waals surface area (Å²) in [7, 11) is 0. The van der Waals surface area contributed by atoms with E-state index in [9.17, 15) is 13.6 Å². The summed E-state index contributed by atoms with van der Waals surface area (Å²) < 4.78 is 34.3. The van der Waals surface area contributed by atoms with Gasteiger partial charge in [-0.25, -0.2) is 0 Å². The van der Waals surface area contributed by atoms with Crippen LogP contribution in [0, 0.1) is 0 Å². The van der Waals surface area contributed by atoms with Gasteiger partial charge in [-0.2, -0.15) is 0 Å². The van der Waals surface area contributed by atoms with Crippen LogP contribution in [-0.2, 0) is 4.79 Å². The van der Waals surface area contributed by atoms with Crippen LogP contribution in [0.2, 0.25) is 0 Å². The van der Waals surface area contributed by atoms with E-state index >= 15 is 0 Å². The molecular formula is C13H16F2N2O3. The third-order valence-corrected chi connectivity index (χ3v) is 2.73. The van der Waals surface area contributed by atoms with Crippen molar-refractivity contribution in [2.45, 2.75) is 32.6 Å². The summed E-state index contributed by atoms with van der Waals surface area (Å²) in [5.41, 5.74) is 0.388. The summed E-state index contributed by atoms with van der Waals surface area (Å²) in [5, 5.41) is 5.74. The number of carbonyl (C=O) groups excluding carboxylic acids is 1. The average molecular weight is 286 g/mol. The third-order valence-electron chi connectivity index (χ3n) is 2.73. The second-order valence-corrected chi connectivity index (χ2v) is 4.54. The zero-order valence-electron chi connectivity index (χ0n) is 11.2. The molecule has 0 aromatic heterocycles. The maximum absolute atomic E-state index is 12.8. The number of hydrogen-bond acceptors (Lipinski definition) is 4. The van der Waals surface area contributed by atoms with E-state index in [-0.39, 0.29) is 23.4 Å². The zero-order chi connectivity index (χ0) is 14.8. The fourth-order valence-corrected chi connectivity index (χ4v) is 1.94. The van der Waals surface area contributed by atoms with Gasteiger partial charge in [0.2, 0.25) is 5.91 Å². The summed E-state index contributed by atoms with van der Waals surface area (Å²) >= 11 is 0. The van der Waals surface area contributed by atoms with Crippen molar-refractivity contribution in [3.05, 3.63) is 18.2 Å². The Morgan fingerprint density at radius 1 is 1.35 bits per heavy atom. The van der Waals surface area contributed by atoms with Gasteiger partial charge in [-0.05, 0) is 25.6 Å². The first-order chi connectivity index (χ1) is 9.39. The van der Waals surface area contributed by atoms with Gasteiger partial charge in [0.25, 0.3) is 0 Å². The molecule has 0 aliphatic carbocycles. The van der Waals surface area contributed by atoms with Crippen molar-refractivity contribution >= 4 is 11.6 Å². The first-order valence-electron chi connectivity index (χ1n) is 6.33. The van der Waals surface area contributed by atoms with Crippen molar-refractivity contribution in [3.8, 4) is 11.5 Å². The summed E-state index contributed by atoms with van der Waals surface area (Å²) in [5.74, 6) is -0.342. The molecule has 0 radical (unpaired) electrons. The van der Waals surface area contributed by atoms with Gasteiger partial charge < -0.3 is 20.1 Å². The highest BCUT2D eigenvalue weighted by Gasteiger charge is 2.43. The van der Waals surface area contributed by atoms with Gasteiger partial charge in [-0.1, -0.05) is 6.92 Å². The average Bonchev–Trinajstić information content (AvgIpc) is 2.62. The van der Waals surface area contributed by atoms with E-state index in [0.717, 1.165) is 6.54 Å². The van der Waals surface area contributed by atoms with Crippen molar-refractivity contribution in [2.24, 2.45) is 0 Å². The lowest BCUT2D eigenvalue weighted by molar-refractivity contribution is -0.286. The second kappa shape index (κ2) is 5.62. The lowest BCUT2D eigenvalue weighted by atomic mass is 10.2. The zero-order valence-corrected chi connectivity index (χ0v) is 11.2. The summed E-state index contributed by atoms with van der Waals surface area (Å²) in [6.07, 6.45) is -3.36. The van der Waals surface area contributed by atoms with Crippen molar-refractivity contribution < 1.29 is 23.0 Å². The van der Waals surface area contributed by atoms with Crippen molar-refractivity contribution in [1.29, 1.82) is 0 Å². The highest BCUT2D eigenvalue weighted by molar-refractivity contribution is 5.91. The Labute approximate surface area is 115 Å². The van der Waals surface area contributed by atoms with E-state index in [4.69, 9.17) is 0 Å². The molecule has 20 heavy (non-hydrogen) atoms. The Morgan fingerprint density at radius 2 is 2.05 bits per heavy atom.